The summed E-state index contributed by atoms with van der Waals surface area (Å²) in [7, 11) is -0.460. The molecule has 0 unspecified atom stereocenters. The maximum Gasteiger partial charge on any atom is 0.240 e. The molecule has 6 heteroatoms. The molecule has 0 heterocycles. The molecule has 0 radical (unpaired) electrons. The fourth-order valence-corrected chi connectivity index (χ4v) is 3.80. The molecule has 0 bridgehead atoms. The summed E-state index contributed by atoms with van der Waals surface area (Å²) in [6.07, 6.45) is -0.402. The number of rotatable bonds is 7. The van der Waals surface area contributed by atoms with E-state index in [1.807, 2.05) is 37.3 Å². The first kappa shape index (κ1) is 18.4. The highest BCUT2D eigenvalue weighted by Crippen LogP contribution is 2.22. The Morgan fingerprint density at radius 2 is 1.83 bits per heavy atom. The Kier molecular flexibility index (Phi) is 5.99. The Morgan fingerprint density at radius 3 is 2.46 bits per heavy atom. The van der Waals surface area contributed by atoms with E-state index in [9.17, 15) is 8.42 Å². The van der Waals surface area contributed by atoms with Gasteiger partial charge >= 0.3 is 0 Å². The zero-order valence-electron chi connectivity index (χ0n) is 14.4. The van der Waals surface area contributed by atoms with Crippen LogP contribution in [-0.2, 0) is 14.8 Å². The van der Waals surface area contributed by atoms with E-state index in [2.05, 4.69) is 4.72 Å². The Hall–Kier alpha value is -1.89. The van der Waals surface area contributed by atoms with Crippen LogP contribution in [0.15, 0.2) is 47.4 Å². The van der Waals surface area contributed by atoms with E-state index in [-0.39, 0.29) is 11.4 Å². The molecule has 1 N–H and O–H groups in total. The van der Waals surface area contributed by atoms with E-state index >= 15 is 0 Å². The monoisotopic (exact) mass is 349 g/mol. The summed E-state index contributed by atoms with van der Waals surface area (Å²) >= 11 is 0. The van der Waals surface area contributed by atoms with Crippen molar-refractivity contribution in [3.8, 4) is 5.75 Å². The van der Waals surface area contributed by atoms with Crippen LogP contribution in [0, 0.1) is 13.8 Å². The number of hydrogen-bond donors (Lipinski definition) is 1. The van der Waals surface area contributed by atoms with Gasteiger partial charge in [-0.1, -0.05) is 29.8 Å². The van der Waals surface area contributed by atoms with E-state index in [1.54, 1.807) is 33.3 Å². The minimum Gasteiger partial charge on any atom is -0.497 e. The largest absolute Gasteiger partial charge is 0.497 e. The molecule has 0 saturated heterocycles. The van der Waals surface area contributed by atoms with Gasteiger partial charge in [0.15, 0.2) is 0 Å². The zero-order valence-corrected chi connectivity index (χ0v) is 15.2. The van der Waals surface area contributed by atoms with Gasteiger partial charge in [-0.05, 0) is 43.2 Å². The van der Waals surface area contributed by atoms with Gasteiger partial charge in [-0.3, -0.25) is 0 Å². The van der Waals surface area contributed by atoms with Gasteiger partial charge in [0.2, 0.25) is 10.0 Å². The Morgan fingerprint density at radius 1 is 1.08 bits per heavy atom. The molecule has 0 amide bonds. The summed E-state index contributed by atoms with van der Waals surface area (Å²) in [6.45, 7) is 3.86. The third-order valence-electron chi connectivity index (χ3n) is 3.83. The van der Waals surface area contributed by atoms with Gasteiger partial charge in [0, 0.05) is 13.7 Å². The maximum atomic E-state index is 12.5. The van der Waals surface area contributed by atoms with Crippen LogP contribution in [0.5, 0.6) is 5.75 Å². The highest BCUT2D eigenvalue weighted by atomic mass is 32.2. The molecular weight excluding hydrogens is 326 g/mol. The van der Waals surface area contributed by atoms with Crippen molar-refractivity contribution in [3.63, 3.8) is 0 Å². The van der Waals surface area contributed by atoms with Crippen molar-refractivity contribution in [2.45, 2.75) is 24.8 Å². The van der Waals surface area contributed by atoms with Crippen LogP contribution in [0.3, 0.4) is 0 Å². The first-order valence-electron chi connectivity index (χ1n) is 7.61. The molecule has 5 nitrogen and oxygen atoms in total. The molecule has 0 aromatic heterocycles. The third kappa shape index (κ3) is 4.35. The molecule has 2 aromatic carbocycles. The Bertz CT molecular complexity index is 802. The third-order valence-corrected chi connectivity index (χ3v) is 5.41. The molecule has 0 spiro atoms. The van der Waals surface area contributed by atoms with E-state index in [0.717, 1.165) is 16.7 Å². The number of hydrogen-bond acceptors (Lipinski definition) is 4. The number of benzene rings is 2. The molecule has 0 saturated carbocycles. The first-order valence-corrected chi connectivity index (χ1v) is 9.09. The normalized spacial score (nSPS) is 12.8. The summed E-state index contributed by atoms with van der Waals surface area (Å²) < 4.78 is 38.4. The zero-order chi connectivity index (χ0) is 17.7. The number of aryl methyl sites for hydroxylation is 2. The first-order chi connectivity index (χ1) is 11.4. The van der Waals surface area contributed by atoms with E-state index < -0.39 is 16.1 Å². The summed E-state index contributed by atoms with van der Waals surface area (Å²) in [5, 5.41) is 0. The smallest absolute Gasteiger partial charge is 0.240 e. The van der Waals surface area contributed by atoms with Crippen molar-refractivity contribution in [2.24, 2.45) is 0 Å². The summed E-state index contributed by atoms with van der Waals surface area (Å²) in [6, 6.07) is 12.7. The lowest BCUT2D eigenvalue weighted by Crippen LogP contribution is -2.29. The quantitative estimate of drug-likeness (QED) is 0.835. The highest BCUT2D eigenvalue weighted by Gasteiger charge is 2.20. The second kappa shape index (κ2) is 7.79. The Balaban J connectivity index is 2.17. The molecule has 0 aliphatic rings. The van der Waals surface area contributed by atoms with Gasteiger partial charge in [-0.15, -0.1) is 0 Å². The minimum absolute atomic E-state index is 0.138. The molecule has 130 valence electrons. The van der Waals surface area contributed by atoms with Crippen molar-refractivity contribution >= 4 is 10.0 Å². The predicted molar refractivity (Wildman–Crippen MR) is 93.8 cm³/mol. The number of methoxy groups -OCH3 is 2. The van der Waals surface area contributed by atoms with Gasteiger partial charge in [0.1, 0.15) is 5.75 Å². The van der Waals surface area contributed by atoms with Gasteiger partial charge in [0.25, 0.3) is 0 Å². The van der Waals surface area contributed by atoms with Crippen LogP contribution in [-0.4, -0.2) is 29.2 Å². The van der Waals surface area contributed by atoms with Crippen molar-refractivity contribution in [3.05, 3.63) is 59.2 Å². The van der Waals surface area contributed by atoms with Crippen molar-refractivity contribution in [2.75, 3.05) is 20.8 Å². The van der Waals surface area contributed by atoms with Gasteiger partial charge in [-0.25, -0.2) is 13.1 Å². The summed E-state index contributed by atoms with van der Waals surface area (Å²) in [4.78, 5) is 0.286. The summed E-state index contributed by atoms with van der Waals surface area (Å²) in [5.74, 6) is 0.701. The average Bonchev–Trinajstić information content (AvgIpc) is 2.55. The number of sulfonamides is 1. The van der Waals surface area contributed by atoms with E-state index in [4.69, 9.17) is 9.47 Å². The van der Waals surface area contributed by atoms with Crippen LogP contribution in [0.1, 0.15) is 22.8 Å². The summed E-state index contributed by atoms with van der Waals surface area (Å²) in [5.41, 5.74) is 2.59. The molecule has 2 rings (SSSR count). The van der Waals surface area contributed by atoms with Crippen LogP contribution >= 0.6 is 0 Å². The molecule has 0 fully saturated rings. The fraction of sp³-hybridized carbons (Fsp3) is 0.333. The fourth-order valence-electron chi connectivity index (χ4n) is 2.54. The second-order valence-electron chi connectivity index (χ2n) is 5.62. The molecule has 0 aliphatic heterocycles. The lowest BCUT2D eigenvalue weighted by molar-refractivity contribution is 0.107. The van der Waals surface area contributed by atoms with Crippen molar-refractivity contribution in [1.82, 2.24) is 4.72 Å². The van der Waals surface area contributed by atoms with Crippen molar-refractivity contribution < 1.29 is 17.9 Å². The van der Waals surface area contributed by atoms with E-state index in [0.29, 0.717) is 5.75 Å². The number of ether oxygens (including phenoxy) is 2. The molecule has 0 aliphatic carbocycles. The molecule has 24 heavy (non-hydrogen) atoms. The SMILES string of the molecule is COc1cccc([C@@H](CNS(=O)(=O)c2ccc(C)cc2C)OC)c1. The minimum atomic E-state index is -3.60. The van der Waals surface area contributed by atoms with Crippen LogP contribution in [0.2, 0.25) is 0 Å². The van der Waals surface area contributed by atoms with Gasteiger partial charge in [0.05, 0.1) is 18.1 Å². The predicted octanol–water partition coefficient (Wildman–Crippen LogP) is 2.98. The maximum absolute atomic E-state index is 12.5. The van der Waals surface area contributed by atoms with Crippen LogP contribution in [0.25, 0.3) is 0 Å². The van der Waals surface area contributed by atoms with Crippen LogP contribution < -0.4 is 9.46 Å². The molecular formula is C18H23NO4S. The molecule has 2 aromatic rings. The topological polar surface area (TPSA) is 64.6 Å². The van der Waals surface area contributed by atoms with Crippen LogP contribution in [0.4, 0.5) is 0 Å². The lowest BCUT2D eigenvalue weighted by Gasteiger charge is -2.18. The van der Waals surface area contributed by atoms with Crippen molar-refractivity contribution in [1.29, 1.82) is 0 Å². The highest BCUT2D eigenvalue weighted by molar-refractivity contribution is 7.89. The lowest BCUT2D eigenvalue weighted by atomic mass is 10.1. The van der Waals surface area contributed by atoms with E-state index in [1.165, 1.54) is 0 Å². The standard InChI is InChI=1S/C18H23NO4S/c1-13-8-9-18(14(2)10-13)24(20,21)19-12-17(23-4)15-6-5-7-16(11-15)22-3/h5-11,17,19H,12H2,1-4H3/t17-/m1/s1. The van der Waals surface area contributed by atoms with Gasteiger partial charge in [-0.2, -0.15) is 0 Å². The second-order valence-corrected chi connectivity index (χ2v) is 7.36. The van der Waals surface area contributed by atoms with Gasteiger partial charge < -0.3 is 9.47 Å². The molecule has 1 atom stereocenters. The Labute approximate surface area is 143 Å². The average molecular weight is 349 g/mol. The number of nitrogens with one attached hydrogen (secondary N) is 1.